The quantitative estimate of drug-likeness (QED) is 0.0222. The third-order valence-electron chi connectivity index (χ3n) is 16.9. The molecule has 0 amide bonds. The molecule has 19 heteroatoms. The Hall–Kier alpha value is -1.94. The van der Waals surface area contributed by atoms with E-state index in [1.807, 2.05) is 0 Å². The van der Waals surface area contributed by atoms with E-state index >= 15 is 0 Å². The molecule has 0 aromatic heterocycles. The number of phosphoric ester groups is 2. The number of esters is 4. The lowest BCUT2D eigenvalue weighted by Crippen LogP contribution is -2.30. The minimum absolute atomic E-state index is 0.106. The van der Waals surface area contributed by atoms with E-state index in [-0.39, 0.29) is 25.7 Å². The zero-order chi connectivity index (χ0) is 66.3. The Morgan fingerprint density at radius 2 is 0.533 bits per heavy atom. The molecule has 0 aromatic rings. The third-order valence-corrected chi connectivity index (χ3v) is 18.8. The zero-order valence-electron chi connectivity index (χ0n) is 58.3. The number of hydrogen-bond acceptors (Lipinski definition) is 15. The van der Waals surface area contributed by atoms with Gasteiger partial charge < -0.3 is 33.8 Å². The number of ether oxygens (including phenoxy) is 4. The van der Waals surface area contributed by atoms with Crippen molar-refractivity contribution in [3.05, 3.63) is 0 Å². The Kier molecular flexibility index (Phi) is 63.0. The maximum atomic E-state index is 13.0. The van der Waals surface area contributed by atoms with Crippen molar-refractivity contribution in [3.63, 3.8) is 0 Å². The first-order chi connectivity index (χ1) is 43.6. The molecule has 3 N–H and O–H groups in total. The predicted molar refractivity (Wildman–Crippen MR) is 363 cm³/mol. The molecule has 0 aliphatic heterocycles. The average molecular weight is 1330 g/mol. The van der Waals surface area contributed by atoms with E-state index in [1.54, 1.807) is 0 Å². The van der Waals surface area contributed by atoms with Gasteiger partial charge in [0.1, 0.15) is 19.3 Å². The summed E-state index contributed by atoms with van der Waals surface area (Å²) in [5.74, 6) is -1.35. The summed E-state index contributed by atoms with van der Waals surface area (Å²) < 4.78 is 68.2. The second-order valence-electron chi connectivity index (χ2n) is 25.9. The van der Waals surface area contributed by atoms with Crippen molar-refractivity contribution in [2.75, 3.05) is 39.6 Å². The third kappa shape index (κ3) is 63.5. The number of aliphatic hydroxyl groups is 1. The monoisotopic (exact) mass is 1320 g/mol. The summed E-state index contributed by atoms with van der Waals surface area (Å²) >= 11 is 0. The average Bonchev–Trinajstić information content (AvgIpc) is 3.71. The molecule has 17 nitrogen and oxygen atoms in total. The number of carbonyl (C=O) groups is 4. The van der Waals surface area contributed by atoms with E-state index < -0.39 is 97.5 Å². The van der Waals surface area contributed by atoms with Gasteiger partial charge in [0, 0.05) is 25.7 Å². The van der Waals surface area contributed by atoms with Crippen LogP contribution in [0.1, 0.15) is 369 Å². The summed E-state index contributed by atoms with van der Waals surface area (Å²) in [5.41, 5.74) is 0. The Balaban J connectivity index is 5.14. The van der Waals surface area contributed by atoms with Gasteiger partial charge in [-0.3, -0.25) is 37.3 Å². The van der Waals surface area contributed by atoms with Crippen molar-refractivity contribution >= 4 is 39.5 Å². The Labute approximate surface area is 549 Å². The largest absolute Gasteiger partial charge is 0.472 e. The summed E-state index contributed by atoms with van der Waals surface area (Å²) in [5, 5.41) is 10.6. The molecule has 0 rings (SSSR count). The van der Waals surface area contributed by atoms with Gasteiger partial charge in [-0.25, -0.2) is 9.13 Å². The minimum Gasteiger partial charge on any atom is -0.462 e. The molecule has 0 aromatic carbocycles. The van der Waals surface area contributed by atoms with Crippen LogP contribution < -0.4 is 0 Å². The van der Waals surface area contributed by atoms with Crippen LogP contribution in [0.25, 0.3) is 0 Å². The smallest absolute Gasteiger partial charge is 0.462 e. The van der Waals surface area contributed by atoms with Crippen molar-refractivity contribution in [2.24, 2.45) is 5.92 Å². The fraction of sp³-hybridized carbons (Fsp3) is 0.944. The highest BCUT2D eigenvalue weighted by atomic mass is 31.2. The van der Waals surface area contributed by atoms with Crippen molar-refractivity contribution in [1.29, 1.82) is 0 Å². The van der Waals surface area contributed by atoms with E-state index in [0.29, 0.717) is 25.7 Å². The van der Waals surface area contributed by atoms with E-state index in [0.717, 1.165) is 102 Å². The predicted octanol–water partition coefficient (Wildman–Crippen LogP) is 20.5. The van der Waals surface area contributed by atoms with Crippen molar-refractivity contribution in [2.45, 2.75) is 387 Å². The van der Waals surface area contributed by atoms with Gasteiger partial charge in [0.25, 0.3) is 0 Å². The second-order valence-corrected chi connectivity index (χ2v) is 28.8. The van der Waals surface area contributed by atoms with Crippen molar-refractivity contribution in [3.8, 4) is 0 Å². The van der Waals surface area contributed by atoms with Crippen LogP contribution in [0.5, 0.6) is 0 Å². The number of aliphatic hydroxyl groups excluding tert-OH is 1. The maximum absolute atomic E-state index is 13.0. The van der Waals surface area contributed by atoms with Crippen LogP contribution in [0.3, 0.4) is 0 Å². The molecule has 0 saturated carbocycles. The van der Waals surface area contributed by atoms with Gasteiger partial charge in [-0.05, 0) is 31.6 Å². The fourth-order valence-electron chi connectivity index (χ4n) is 10.8. The van der Waals surface area contributed by atoms with Crippen LogP contribution in [0.4, 0.5) is 0 Å². The van der Waals surface area contributed by atoms with Gasteiger partial charge in [0.15, 0.2) is 12.2 Å². The van der Waals surface area contributed by atoms with E-state index in [2.05, 4.69) is 34.6 Å². The molecule has 0 saturated heterocycles. The number of carbonyl (C=O) groups excluding carboxylic acids is 4. The van der Waals surface area contributed by atoms with E-state index in [9.17, 15) is 43.2 Å². The molecule has 90 heavy (non-hydrogen) atoms. The van der Waals surface area contributed by atoms with Gasteiger partial charge >= 0.3 is 39.5 Å². The molecular weight excluding hydrogens is 1190 g/mol. The van der Waals surface area contributed by atoms with Crippen molar-refractivity contribution < 1.29 is 80.2 Å². The van der Waals surface area contributed by atoms with Crippen LogP contribution >= 0.6 is 15.6 Å². The maximum Gasteiger partial charge on any atom is 0.472 e. The molecule has 0 radical (unpaired) electrons. The number of hydrogen-bond donors (Lipinski definition) is 3. The molecule has 0 heterocycles. The normalized spacial score (nSPS) is 14.4. The van der Waals surface area contributed by atoms with Crippen LogP contribution in [-0.2, 0) is 65.4 Å². The highest BCUT2D eigenvalue weighted by Gasteiger charge is 2.30. The molecule has 6 atom stereocenters. The first-order valence-electron chi connectivity index (χ1n) is 37.2. The highest BCUT2D eigenvalue weighted by molar-refractivity contribution is 7.47. The molecular formula is C71H138O17P2. The Bertz CT molecular complexity index is 1740. The van der Waals surface area contributed by atoms with Crippen LogP contribution in [0.15, 0.2) is 0 Å². The second kappa shape index (κ2) is 64.4. The number of phosphoric acid groups is 2. The molecule has 0 bridgehead atoms. The lowest BCUT2D eigenvalue weighted by molar-refractivity contribution is -0.161. The summed E-state index contributed by atoms with van der Waals surface area (Å²) in [6, 6.07) is 0. The fourth-order valence-corrected chi connectivity index (χ4v) is 12.4. The first kappa shape index (κ1) is 88.1. The standard InChI is InChI=1S/C71H138O17P2/c1-6-10-13-16-19-22-23-24-25-26-27-28-29-30-31-32-33-35-42-47-52-57-71(76)88-67(61-82-69(74)55-50-45-40-37-36-38-43-48-53-64(5)9-4)63-86-90(79,80)84-59-65(72)58-83-89(77,78)85-62-66(60-81-68(73)54-49-44-39-21-18-15-12-8-3)87-70(75)56-51-46-41-34-20-17-14-11-7-2/h64-67,72H,6-63H2,1-5H3,(H,77,78)(H,79,80)/t64?,65-,66+,67+/m0/s1. The van der Waals surface area contributed by atoms with Crippen LogP contribution in [-0.4, -0.2) is 96.7 Å². The Morgan fingerprint density at radius 3 is 0.789 bits per heavy atom. The van der Waals surface area contributed by atoms with Gasteiger partial charge in [-0.1, -0.05) is 317 Å². The molecule has 534 valence electrons. The summed E-state index contributed by atoms with van der Waals surface area (Å²) in [6.07, 6.45) is 51.5. The minimum atomic E-state index is -4.95. The number of unbranched alkanes of at least 4 members (excludes halogenated alkanes) is 42. The molecule has 0 aliphatic carbocycles. The molecule has 0 aliphatic rings. The van der Waals surface area contributed by atoms with Gasteiger partial charge in [0.2, 0.25) is 0 Å². The zero-order valence-corrected chi connectivity index (χ0v) is 60.1. The lowest BCUT2D eigenvalue weighted by atomic mass is 9.99. The van der Waals surface area contributed by atoms with Gasteiger partial charge in [-0.2, -0.15) is 0 Å². The SMILES string of the molecule is CCCCCCCCCCCCCCCCCCCCCCCC(=O)O[C@H](COC(=O)CCCCCCCCCCC(C)CC)COP(=O)(O)OC[C@@H](O)COP(=O)(O)OC[C@@H](COC(=O)CCCCCCCCCC)OC(=O)CCCCCCCCCCC. The summed E-state index contributed by atoms with van der Waals surface area (Å²) in [4.78, 5) is 72.4. The van der Waals surface area contributed by atoms with Gasteiger partial charge in [0.05, 0.1) is 26.4 Å². The van der Waals surface area contributed by atoms with Gasteiger partial charge in [-0.15, -0.1) is 0 Å². The van der Waals surface area contributed by atoms with E-state index in [4.69, 9.17) is 37.0 Å². The molecule has 3 unspecified atom stereocenters. The first-order valence-corrected chi connectivity index (χ1v) is 40.2. The Morgan fingerprint density at radius 1 is 0.311 bits per heavy atom. The topological polar surface area (TPSA) is 237 Å². The lowest BCUT2D eigenvalue weighted by Gasteiger charge is -2.21. The van der Waals surface area contributed by atoms with Crippen molar-refractivity contribution in [1.82, 2.24) is 0 Å². The number of rotatable bonds is 71. The molecule has 0 fully saturated rings. The van der Waals surface area contributed by atoms with E-state index in [1.165, 1.54) is 186 Å². The van der Waals surface area contributed by atoms with Crippen LogP contribution in [0, 0.1) is 5.92 Å². The highest BCUT2D eigenvalue weighted by Crippen LogP contribution is 2.45. The summed E-state index contributed by atoms with van der Waals surface area (Å²) in [6.45, 7) is 7.21. The molecule has 0 spiro atoms. The van der Waals surface area contributed by atoms with Crippen LogP contribution in [0.2, 0.25) is 0 Å². The summed E-state index contributed by atoms with van der Waals surface area (Å²) in [7, 11) is -9.89.